The highest BCUT2D eigenvalue weighted by Crippen LogP contribution is 2.10. The first kappa shape index (κ1) is 12.2. The lowest BCUT2D eigenvalue weighted by atomic mass is 10.0. The highest BCUT2D eigenvalue weighted by atomic mass is 35.5. The second kappa shape index (κ2) is 9.30. The van der Waals surface area contributed by atoms with Gasteiger partial charge in [0.05, 0.1) is 0 Å². The Balaban J connectivity index is 3.06. The number of hydrogen-bond donors (Lipinski definition) is 2. The summed E-state index contributed by atoms with van der Waals surface area (Å²) in [6, 6.07) is 0. The Hall–Kier alpha value is 0.210. The van der Waals surface area contributed by atoms with Crippen molar-refractivity contribution < 1.29 is 10.2 Å². The lowest BCUT2D eigenvalue weighted by molar-refractivity contribution is 0.141. The van der Waals surface area contributed by atoms with Crippen LogP contribution in [0.15, 0.2) is 0 Å². The average Bonchev–Trinajstić information content (AvgIpc) is 2.11. The Morgan fingerprint density at radius 2 is 1.50 bits per heavy atom. The van der Waals surface area contributed by atoms with Crippen molar-refractivity contribution in [3.05, 3.63) is 0 Å². The van der Waals surface area contributed by atoms with Crippen molar-refractivity contribution in [3.63, 3.8) is 0 Å². The maximum absolute atomic E-state index is 8.75. The number of rotatable bonds is 8. The molecule has 0 unspecified atom stereocenters. The molecule has 0 aromatic carbocycles. The van der Waals surface area contributed by atoms with E-state index in [1.165, 1.54) is 0 Å². The molecule has 3 heteroatoms. The van der Waals surface area contributed by atoms with E-state index in [2.05, 4.69) is 0 Å². The Kier molecular flexibility index (Phi) is 9.46. The van der Waals surface area contributed by atoms with Gasteiger partial charge in [-0.1, -0.05) is 19.3 Å². The highest BCUT2D eigenvalue weighted by Gasteiger charge is 2.04. The van der Waals surface area contributed by atoms with E-state index in [1.54, 1.807) is 0 Å². The van der Waals surface area contributed by atoms with Crippen LogP contribution in [0.4, 0.5) is 0 Å². The molecule has 74 valence electrons. The van der Waals surface area contributed by atoms with Crippen LogP contribution in [-0.4, -0.2) is 29.3 Å². The zero-order valence-corrected chi connectivity index (χ0v) is 8.26. The third-order valence-electron chi connectivity index (χ3n) is 2.01. The molecule has 0 aliphatic rings. The molecular formula is C9H19ClO2. The first-order valence-electron chi connectivity index (χ1n) is 4.62. The second-order valence-corrected chi connectivity index (χ2v) is 3.50. The van der Waals surface area contributed by atoms with Gasteiger partial charge in [0.1, 0.15) is 0 Å². The minimum absolute atomic E-state index is 0.0843. The molecule has 0 atom stereocenters. The van der Waals surface area contributed by atoms with Crippen LogP contribution in [0.2, 0.25) is 0 Å². The van der Waals surface area contributed by atoms with Gasteiger partial charge in [-0.3, -0.25) is 0 Å². The van der Waals surface area contributed by atoms with Gasteiger partial charge in [-0.2, -0.15) is 0 Å². The lowest BCUT2D eigenvalue weighted by Gasteiger charge is -2.09. The summed E-state index contributed by atoms with van der Waals surface area (Å²) < 4.78 is 0. The SMILES string of the molecule is OCC(CO)CCCCCCCl. The number of aliphatic hydroxyl groups is 2. The molecule has 0 heterocycles. The minimum atomic E-state index is 0.0843. The predicted molar refractivity (Wildman–Crippen MR) is 51.5 cm³/mol. The summed E-state index contributed by atoms with van der Waals surface area (Å²) in [4.78, 5) is 0. The molecule has 0 aliphatic heterocycles. The van der Waals surface area contributed by atoms with Gasteiger partial charge in [0, 0.05) is 25.0 Å². The third kappa shape index (κ3) is 6.89. The number of halogens is 1. The van der Waals surface area contributed by atoms with E-state index in [9.17, 15) is 0 Å². The zero-order chi connectivity index (χ0) is 9.23. The molecule has 2 N–H and O–H groups in total. The van der Waals surface area contributed by atoms with Gasteiger partial charge in [0.25, 0.3) is 0 Å². The van der Waals surface area contributed by atoms with Crippen molar-refractivity contribution in [2.24, 2.45) is 5.92 Å². The van der Waals surface area contributed by atoms with E-state index < -0.39 is 0 Å². The Bertz CT molecular complexity index is 84.6. The predicted octanol–water partition coefficient (Wildman–Crippen LogP) is 1.78. The summed E-state index contributed by atoms with van der Waals surface area (Å²) in [6.07, 6.45) is 5.40. The summed E-state index contributed by atoms with van der Waals surface area (Å²) in [6.45, 7) is 0.206. The van der Waals surface area contributed by atoms with E-state index in [1.807, 2.05) is 0 Å². The molecule has 0 aromatic rings. The summed E-state index contributed by atoms with van der Waals surface area (Å²) in [5.74, 6) is 0.824. The topological polar surface area (TPSA) is 40.5 Å². The molecule has 0 aliphatic carbocycles. The van der Waals surface area contributed by atoms with Gasteiger partial charge in [0.15, 0.2) is 0 Å². The quantitative estimate of drug-likeness (QED) is 0.457. The molecule has 0 aromatic heterocycles. The fourth-order valence-electron chi connectivity index (χ4n) is 1.12. The Labute approximate surface area is 79.6 Å². The summed E-state index contributed by atoms with van der Waals surface area (Å²) in [5.41, 5.74) is 0. The number of aliphatic hydroxyl groups excluding tert-OH is 2. The monoisotopic (exact) mass is 194 g/mol. The van der Waals surface area contributed by atoms with Crippen molar-refractivity contribution in [1.82, 2.24) is 0 Å². The van der Waals surface area contributed by atoms with Crippen molar-refractivity contribution in [2.75, 3.05) is 19.1 Å². The van der Waals surface area contributed by atoms with Crippen LogP contribution in [0.1, 0.15) is 32.1 Å². The second-order valence-electron chi connectivity index (χ2n) is 3.12. The normalized spacial score (nSPS) is 11.0. The Morgan fingerprint density at radius 3 is 2.00 bits per heavy atom. The van der Waals surface area contributed by atoms with Gasteiger partial charge in [-0.15, -0.1) is 11.6 Å². The van der Waals surface area contributed by atoms with Crippen molar-refractivity contribution in [3.8, 4) is 0 Å². The van der Waals surface area contributed by atoms with Crippen molar-refractivity contribution >= 4 is 11.6 Å². The van der Waals surface area contributed by atoms with Crippen molar-refractivity contribution in [2.45, 2.75) is 32.1 Å². The van der Waals surface area contributed by atoms with Crippen LogP contribution < -0.4 is 0 Å². The fourth-order valence-corrected chi connectivity index (χ4v) is 1.31. The van der Waals surface area contributed by atoms with E-state index in [4.69, 9.17) is 21.8 Å². The molecule has 0 amide bonds. The maximum Gasteiger partial charge on any atom is 0.0481 e. The van der Waals surface area contributed by atoms with Crippen LogP contribution in [-0.2, 0) is 0 Å². The lowest BCUT2D eigenvalue weighted by Crippen LogP contribution is -2.10. The third-order valence-corrected chi connectivity index (χ3v) is 2.28. The summed E-state index contributed by atoms with van der Waals surface area (Å²) in [5, 5.41) is 17.5. The zero-order valence-electron chi connectivity index (χ0n) is 7.51. The van der Waals surface area contributed by atoms with E-state index in [-0.39, 0.29) is 19.1 Å². The molecule has 12 heavy (non-hydrogen) atoms. The van der Waals surface area contributed by atoms with Crippen LogP contribution in [0.5, 0.6) is 0 Å². The molecule has 0 saturated heterocycles. The van der Waals surface area contributed by atoms with Gasteiger partial charge in [0.2, 0.25) is 0 Å². The van der Waals surface area contributed by atoms with E-state index in [0.717, 1.165) is 38.0 Å². The van der Waals surface area contributed by atoms with Gasteiger partial charge < -0.3 is 10.2 Å². The molecule has 2 nitrogen and oxygen atoms in total. The number of alkyl halides is 1. The molecule has 0 fully saturated rings. The van der Waals surface area contributed by atoms with Gasteiger partial charge in [-0.25, -0.2) is 0 Å². The first-order valence-corrected chi connectivity index (χ1v) is 5.16. The largest absolute Gasteiger partial charge is 0.396 e. The average molecular weight is 195 g/mol. The molecule has 0 bridgehead atoms. The standard InChI is InChI=1S/C9H19ClO2/c10-6-4-2-1-3-5-9(7-11)8-12/h9,11-12H,1-8H2. The summed E-state index contributed by atoms with van der Waals surface area (Å²) >= 11 is 5.52. The smallest absolute Gasteiger partial charge is 0.0481 e. The molecule has 0 saturated carbocycles. The molecular weight excluding hydrogens is 176 g/mol. The maximum atomic E-state index is 8.75. The summed E-state index contributed by atoms with van der Waals surface area (Å²) in [7, 11) is 0. The molecule has 0 spiro atoms. The fraction of sp³-hybridized carbons (Fsp3) is 1.00. The Morgan fingerprint density at radius 1 is 0.917 bits per heavy atom. The first-order chi connectivity index (χ1) is 5.85. The van der Waals surface area contributed by atoms with Gasteiger partial charge >= 0.3 is 0 Å². The molecule has 0 rings (SSSR count). The van der Waals surface area contributed by atoms with Crippen LogP contribution in [0.25, 0.3) is 0 Å². The number of unbranched alkanes of at least 4 members (excludes halogenated alkanes) is 3. The van der Waals surface area contributed by atoms with Crippen molar-refractivity contribution in [1.29, 1.82) is 0 Å². The molecule has 0 radical (unpaired) electrons. The highest BCUT2D eigenvalue weighted by molar-refractivity contribution is 6.17. The number of hydrogen-bond acceptors (Lipinski definition) is 2. The van der Waals surface area contributed by atoms with E-state index in [0.29, 0.717) is 0 Å². The van der Waals surface area contributed by atoms with Crippen LogP contribution in [0.3, 0.4) is 0 Å². The van der Waals surface area contributed by atoms with Gasteiger partial charge in [-0.05, 0) is 12.8 Å². The van der Waals surface area contributed by atoms with E-state index >= 15 is 0 Å². The van der Waals surface area contributed by atoms with Crippen LogP contribution in [0, 0.1) is 5.92 Å². The minimum Gasteiger partial charge on any atom is -0.396 e. The van der Waals surface area contributed by atoms with Crippen LogP contribution >= 0.6 is 11.6 Å².